The molecule has 0 unspecified atom stereocenters. The van der Waals surface area contributed by atoms with Gasteiger partial charge in [0.1, 0.15) is 0 Å². The van der Waals surface area contributed by atoms with Crippen LogP contribution in [0.5, 0.6) is 0 Å². The summed E-state index contributed by atoms with van der Waals surface area (Å²) in [7, 11) is 1.63. The van der Waals surface area contributed by atoms with Crippen LogP contribution < -0.4 is 16.2 Å². The van der Waals surface area contributed by atoms with Gasteiger partial charge in [-0.3, -0.25) is 9.89 Å². The second kappa shape index (κ2) is 5.38. The van der Waals surface area contributed by atoms with Crippen molar-refractivity contribution in [2.24, 2.45) is 7.05 Å². The number of rotatable bonds is 3. The number of hydrogen-bond acceptors (Lipinski definition) is 3. The minimum atomic E-state index is -0.334. The highest BCUT2D eigenvalue weighted by Crippen LogP contribution is 2.03. The molecular weight excluding hydrogens is 246 g/mol. The molecule has 0 aliphatic carbocycles. The SMILES string of the molecule is Cc1[nH]ncc1CNC(=O)Nc1ccc(=O)n(C)c1. The van der Waals surface area contributed by atoms with Gasteiger partial charge in [0.25, 0.3) is 0 Å². The first-order valence-electron chi connectivity index (χ1n) is 5.76. The van der Waals surface area contributed by atoms with Crippen LogP contribution in [0.3, 0.4) is 0 Å². The second-order valence-electron chi connectivity index (χ2n) is 4.19. The van der Waals surface area contributed by atoms with Gasteiger partial charge in [-0.05, 0) is 13.0 Å². The Kier molecular flexibility index (Phi) is 3.65. The fourth-order valence-electron chi connectivity index (χ4n) is 1.57. The first-order chi connectivity index (χ1) is 9.06. The molecule has 0 bridgehead atoms. The Morgan fingerprint density at radius 3 is 2.89 bits per heavy atom. The van der Waals surface area contributed by atoms with Gasteiger partial charge < -0.3 is 15.2 Å². The molecular formula is C12H15N5O2. The predicted octanol–water partition coefficient (Wildman–Crippen LogP) is 0.739. The zero-order valence-electron chi connectivity index (χ0n) is 10.7. The molecule has 0 spiro atoms. The number of nitrogens with one attached hydrogen (secondary N) is 3. The number of anilines is 1. The lowest BCUT2D eigenvalue weighted by atomic mass is 10.3. The Hall–Kier alpha value is -2.57. The van der Waals surface area contributed by atoms with E-state index in [0.717, 1.165) is 11.3 Å². The van der Waals surface area contributed by atoms with Crippen LogP contribution in [0, 0.1) is 6.92 Å². The van der Waals surface area contributed by atoms with Crippen molar-refractivity contribution in [2.75, 3.05) is 5.32 Å². The molecule has 0 fully saturated rings. The highest BCUT2D eigenvalue weighted by atomic mass is 16.2. The summed E-state index contributed by atoms with van der Waals surface area (Å²) in [5, 5.41) is 12.0. The van der Waals surface area contributed by atoms with E-state index < -0.39 is 0 Å². The number of aromatic amines is 1. The van der Waals surface area contributed by atoms with Crippen molar-refractivity contribution in [2.45, 2.75) is 13.5 Å². The molecule has 0 aliphatic heterocycles. The number of nitrogens with zero attached hydrogens (tertiary/aromatic N) is 2. The van der Waals surface area contributed by atoms with E-state index >= 15 is 0 Å². The van der Waals surface area contributed by atoms with Crippen LogP contribution in [0.1, 0.15) is 11.3 Å². The highest BCUT2D eigenvalue weighted by Gasteiger charge is 2.05. The third-order valence-electron chi connectivity index (χ3n) is 2.72. The molecule has 0 aromatic carbocycles. The third kappa shape index (κ3) is 3.21. The van der Waals surface area contributed by atoms with Crippen molar-refractivity contribution >= 4 is 11.7 Å². The van der Waals surface area contributed by atoms with Gasteiger partial charge in [0.2, 0.25) is 5.56 Å². The number of urea groups is 1. The van der Waals surface area contributed by atoms with E-state index in [1.165, 1.54) is 10.6 Å². The first kappa shape index (κ1) is 12.9. The van der Waals surface area contributed by atoms with E-state index in [-0.39, 0.29) is 11.6 Å². The molecule has 19 heavy (non-hydrogen) atoms. The summed E-state index contributed by atoms with van der Waals surface area (Å²) in [5.74, 6) is 0. The fraction of sp³-hybridized carbons (Fsp3) is 0.250. The molecule has 7 nitrogen and oxygen atoms in total. The van der Waals surface area contributed by atoms with Crippen molar-refractivity contribution in [3.8, 4) is 0 Å². The molecule has 2 rings (SSSR count). The average Bonchev–Trinajstić information content (AvgIpc) is 2.77. The van der Waals surface area contributed by atoms with Crippen molar-refractivity contribution in [1.29, 1.82) is 0 Å². The lowest BCUT2D eigenvalue weighted by Crippen LogP contribution is -2.29. The van der Waals surface area contributed by atoms with E-state index in [2.05, 4.69) is 20.8 Å². The van der Waals surface area contributed by atoms with E-state index in [1.807, 2.05) is 6.92 Å². The maximum atomic E-state index is 11.7. The van der Waals surface area contributed by atoms with E-state index in [9.17, 15) is 9.59 Å². The Morgan fingerprint density at radius 2 is 2.26 bits per heavy atom. The molecule has 0 aliphatic rings. The summed E-state index contributed by atoms with van der Waals surface area (Å²) in [4.78, 5) is 22.9. The monoisotopic (exact) mass is 261 g/mol. The van der Waals surface area contributed by atoms with E-state index in [0.29, 0.717) is 12.2 Å². The van der Waals surface area contributed by atoms with Crippen LogP contribution in [0.25, 0.3) is 0 Å². The van der Waals surface area contributed by atoms with E-state index in [1.54, 1.807) is 25.5 Å². The van der Waals surface area contributed by atoms with Gasteiger partial charge in [0.15, 0.2) is 0 Å². The summed E-state index contributed by atoms with van der Waals surface area (Å²) < 4.78 is 1.40. The fourth-order valence-corrected chi connectivity index (χ4v) is 1.57. The van der Waals surface area contributed by atoms with Crippen molar-refractivity contribution < 1.29 is 4.79 Å². The van der Waals surface area contributed by atoms with Crippen LogP contribution >= 0.6 is 0 Å². The molecule has 3 N–H and O–H groups in total. The minimum Gasteiger partial charge on any atom is -0.334 e. The normalized spacial score (nSPS) is 10.2. The molecule has 0 saturated heterocycles. The minimum absolute atomic E-state index is 0.125. The number of pyridine rings is 1. The number of amides is 2. The number of hydrogen-bond donors (Lipinski definition) is 3. The Morgan fingerprint density at radius 1 is 1.47 bits per heavy atom. The first-order valence-corrected chi connectivity index (χ1v) is 5.76. The number of aromatic nitrogens is 3. The van der Waals surface area contributed by atoms with Crippen LogP contribution in [-0.4, -0.2) is 20.8 Å². The zero-order chi connectivity index (χ0) is 13.8. The van der Waals surface area contributed by atoms with Crippen molar-refractivity contribution in [3.63, 3.8) is 0 Å². The van der Waals surface area contributed by atoms with Gasteiger partial charge in [0, 0.05) is 37.1 Å². The predicted molar refractivity (Wildman–Crippen MR) is 70.9 cm³/mol. The van der Waals surface area contributed by atoms with Gasteiger partial charge in [-0.1, -0.05) is 0 Å². The summed E-state index contributed by atoms with van der Waals surface area (Å²) >= 11 is 0. The van der Waals surface area contributed by atoms with Crippen LogP contribution in [0.15, 0.2) is 29.3 Å². The largest absolute Gasteiger partial charge is 0.334 e. The van der Waals surface area contributed by atoms with Gasteiger partial charge in [-0.15, -0.1) is 0 Å². The maximum absolute atomic E-state index is 11.7. The topological polar surface area (TPSA) is 91.8 Å². The lowest BCUT2D eigenvalue weighted by molar-refractivity contribution is 0.251. The summed E-state index contributed by atoms with van der Waals surface area (Å²) in [6.07, 6.45) is 3.23. The molecule has 0 atom stereocenters. The highest BCUT2D eigenvalue weighted by molar-refractivity contribution is 5.88. The number of carbonyl (C=O) groups is 1. The number of aryl methyl sites for hydroxylation is 2. The Balaban J connectivity index is 1.92. The molecule has 2 aromatic heterocycles. The summed E-state index contributed by atoms with van der Waals surface area (Å²) in [6, 6.07) is 2.63. The van der Waals surface area contributed by atoms with Gasteiger partial charge in [-0.25, -0.2) is 4.79 Å². The van der Waals surface area contributed by atoms with Gasteiger partial charge in [0.05, 0.1) is 11.9 Å². The van der Waals surface area contributed by atoms with Crippen LogP contribution in [-0.2, 0) is 13.6 Å². The van der Waals surface area contributed by atoms with E-state index in [4.69, 9.17) is 0 Å². The zero-order valence-corrected chi connectivity index (χ0v) is 10.7. The molecule has 0 radical (unpaired) electrons. The number of carbonyl (C=O) groups excluding carboxylic acids is 1. The molecule has 100 valence electrons. The standard InChI is InChI=1S/C12H15N5O2/c1-8-9(6-14-16-8)5-13-12(19)15-10-3-4-11(18)17(2)7-10/h3-4,6-7H,5H2,1-2H3,(H,14,16)(H2,13,15,19). The average molecular weight is 261 g/mol. The van der Waals surface area contributed by atoms with Gasteiger partial charge in [-0.2, -0.15) is 5.10 Å². The lowest BCUT2D eigenvalue weighted by Gasteiger charge is -2.08. The molecule has 2 heterocycles. The quantitative estimate of drug-likeness (QED) is 0.761. The van der Waals surface area contributed by atoms with Gasteiger partial charge >= 0.3 is 6.03 Å². The summed E-state index contributed by atoms with van der Waals surface area (Å²) in [6.45, 7) is 2.27. The molecule has 0 saturated carbocycles. The third-order valence-corrected chi connectivity index (χ3v) is 2.72. The van der Waals surface area contributed by atoms with Crippen LogP contribution in [0.4, 0.5) is 10.5 Å². The Labute approximate surface area is 109 Å². The Bertz CT molecular complexity index is 644. The van der Waals surface area contributed by atoms with Crippen molar-refractivity contribution in [1.82, 2.24) is 20.1 Å². The van der Waals surface area contributed by atoms with Crippen molar-refractivity contribution in [3.05, 3.63) is 46.1 Å². The molecule has 7 heteroatoms. The molecule has 2 amide bonds. The maximum Gasteiger partial charge on any atom is 0.319 e. The smallest absolute Gasteiger partial charge is 0.319 e. The summed E-state index contributed by atoms with van der Waals surface area (Å²) in [5.41, 5.74) is 2.28. The molecule has 2 aromatic rings. The van der Waals surface area contributed by atoms with Crippen LogP contribution in [0.2, 0.25) is 0 Å². The second-order valence-corrected chi connectivity index (χ2v) is 4.19. The number of H-pyrrole nitrogens is 1.